The molecule has 0 bridgehead atoms. The van der Waals surface area contributed by atoms with Gasteiger partial charge >= 0.3 is 0 Å². The maximum Gasteiger partial charge on any atom is 0.195 e. The lowest BCUT2D eigenvalue weighted by Crippen LogP contribution is -2.40. The molecule has 1 atom stereocenters. The number of hydrogen-bond acceptors (Lipinski definition) is 2. The van der Waals surface area contributed by atoms with Gasteiger partial charge in [-0.15, -0.1) is 0 Å². The molecular weight excluding hydrogens is 318 g/mol. The van der Waals surface area contributed by atoms with Gasteiger partial charge < -0.3 is 5.32 Å². The summed E-state index contributed by atoms with van der Waals surface area (Å²) in [7, 11) is 0. The van der Waals surface area contributed by atoms with Gasteiger partial charge in [0, 0.05) is 22.7 Å². The van der Waals surface area contributed by atoms with Crippen LogP contribution in [-0.2, 0) is 12.0 Å². The third kappa shape index (κ3) is 2.40. The van der Waals surface area contributed by atoms with Gasteiger partial charge in [0.25, 0.3) is 0 Å². The first kappa shape index (κ1) is 15.0. The number of Topliss-reactive ketones (excluding diaryl/α,β-unsaturated/α-hetero) is 1. The van der Waals surface area contributed by atoms with Crippen LogP contribution in [0.1, 0.15) is 21.5 Å². The van der Waals surface area contributed by atoms with E-state index in [4.69, 9.17) is 11.6 Å². The van der Waals surface area contributed by atoms with Gasteiger partial charge in [-0.1, -0.05) is 66.2 Å². The van der Waals surface area contributed by atoms with Crippen LogP contribution in [0, 0.1) is 0 Å². The Kier molecular flexibility index (Phi) is 3.62. The fraction of sp³-hybridized carbons (Fsp3) is 0.0952. The SMILES string of the molecule is O=C1c2ccccc2NC1(Cc1ccc(Cl)cc1)c1ccccc1. The minimum atomic E-state index is -0.779. The molecule has 1 aliphatic heterocycles. The summed E-state index contributed by atoms with van der Waals surface area (Å²) in [5.41, 5.74) is 2.90. The van der Waals surface area contributed by atoms with E-state index in [0.717, 1.165) is 22.4 Å². The topological polar surface area (TPSA) is 29.1 Å². The average Bonchev–Trinajstić information content (AvgIpc) is 2.91. The minimum absolute atomic E-state index is 0.110. The molecule has 3 aromatic carbocycles. The molecule has 0 aliphatic carbocycles. The molecule has 1 unspecified atom stereocenters. The summed E-state index contributed by atoms with van der Waals surface area (Å²) in [6.45, 7) is 0. The molecule has 1 aliphatic rings. The van der Waals surface area contributed by atoms with Gasteiger partial charge in [-0.2, -0.15) is 0 Å². The van der Waals surface area contributed by atoms with E-state index >= 15 is 0 Å². The number of carbonyl (C=O) groups excluding carboxylic acids is 1. The summed E-state index contributed by atoms with van der Waals surface area (Å²) in [5, 5.41) is 4.19. The van der Waals surface area contributed by atoms with Crippen molar-refractivity contribution in [3.05, 3.63) is 101 Å². The lowest BCUT2D eigenvalue weighted by atomic mass is 9.80. The van der Waals surface area contributed by atoms with Gasteiger partial charge in [0.1, 0.15) is 5.54 Å². The molecule has 1 N–H and O–H groups in total. The fourth-order valence-corrected chi connectivity index (χ4v) is 3.49. The summed E-state index contributed by atoms with van der Waals surface area (Å²) in [6.07, 6.45) is 0.571. The molecule has 0 spiro atoms. The highest BCUT2D eigenvalue weighted by atomic mass is 35.5. The van der Waals surface area contributed by atoms with Crippen molar-refractivity contribution in [1.29, 1.82) is 0 Å². The summed E-state index contributed by atoms with van der Waals surface area (Å²) in [6, 6.07) is 25.3. The first-order valence-corrected chi connectivity index (χ1v) is 8.29. The second-order valence-corrected chi connectivity index (χ2v) is 6.51. The number of anilines is 1. The first-order chi connectivity index (χ1) is 11.7. The zero-order valence-corrected chi connectivity index (χ0v) is 13.8. The van der Waals surface area contributed by atoms with E-state index in [2.05, 4.69) is 5.32 Å². The normalized spacial score (nSPS) is 19.0. The van der Waals surface area contributed by atoms with Gasteiger partial charge in [-0.3, -0.25) is 4.79 Å². The van der Waals surface area contributed by atoms with Crippen molar-refractivity contribution in [3.8, 4) is 0 Å². The van der Waals surface area contributed by atoms with Crippen molar-refractivity contribution in [3.63, 3.8) is 0 Å². The number of halogens is 1. The van der Waals surface area contributed by atoms with E-state index in [1.807, 2.05) is 78.9 Å². The summed E-state index contributed by atoms with van der Waals surface area (Å²) >= 11 is 6.00. The Hall–Kier alpha value is -2.58. The van der Waals surface area contributed by atoms with Gasteiger partial charge in [-0.05, 0) is 35.4 Å². The van der Waals surface area contributed by atoms with Crippen LogP contribution in [0.15, 0.2) is 78.9 Å². The van der Waals surface area contributed by atoms with Crippen molar-refractivity contribution >= 4 is 23.1 Å². The lowest BCUT2D eigenvalue weighted by molar-refractivity contribution is 0.0916. The molecule has 1 heterocycles. The molecule has 0 saturated heterocycles. The number of hydrogen-bond donors (Lipinski definition) is 1. The van der Waals surface area contributed by atoms with E-state index in [-0.39, 0.29) is 5.78 Å². The highest BCUT2D eigenvalue weighted by Crippen LogP contribution is 2.41. The number of benzene rings is 3. The third-order valence-electron chi connectivity index (χ3n) is 4.56. The lowest BCUT2D eigenvalue weighted by Gasteiger charge is -2.29. The Labute approximate surface area is 146 Å². The molecule has 0 radical (unpaired) electrons. The van der Waals surface area contributed by atoms with E-state index < -0.39 is 5.54 Å². The number of fused-ring (bicyclic) bond motifs is 1. The van der Waals surface area contributed by atoms with Crippen LogP contribution in [-0.4, -0.2) is 5.78 Å². The molecule has 0 amide bonds. The van der Waals surface area contributed by atoms with Crippen LogP contribution >= 0.6 is 11.6 Å². The number of rotatable bonds is 3. The monoisotopic (exact) mass is 333 g/mol. The highest BCUT2D eigenvalue weighted by Gasteiger charge is 2.46. The summed E-state index contributed by atoms with van der Waals surface area (Å²) < 4.78 is 0. The Morgan fingerprint density at radius 1 is 0.833 bits per heavy atom. The van der Waals surface area contributed by atoms with Crippen molar-refractivity contribution in [2.45, 2.75) is 12.0 Å². The minimum Gasteiger partial charge on any atom is -0.368 e. The van der Waals surface area contributed by atoms with Crippen molar-refractivity contribution < 1.29 is 4.79 Å². The predicted octanol–water partition coefficient (Wildman–Crippen LogP) is 5.09. The molecule has 24 heavy (non-hydrogen) atoms. The average molecular weight is 334 g/mol. The molecule has 0 fully saturated rings. The van der Waals surface area contributed by atoms with Crippen LogP contribution in [0.4, 0.5) is 5.69 Å². The number of carbonyl (C=O) groups is 1. The van der Waals surface area contributed by atoms with Crippen LogP contribution in [0.5, 0.6) is 0 Å². The molecule has 118 valence electrons. The second-order valence-electron chi connectivity index (χ2n) is 6.07. The van der Waals surface area contributed by atoms with Crippen LogP contribution < -0.4 is 5.32 Å². The standard InChI is InChI=1S/C21H16ClNO/c22-17-12-10-15(11-13-17)14-21(16-6-2-1-3-7-16)20(24)18-8-4-5-9-19(18)23-21/h1-13,23H,14H2. The quantitative estimate of drug-likeness (QED) is 0.723. The molecular formula is C21H16ClNO. The first-order valence-electron chi connectivity index (χ1n) is 7.91. The zero-order valence-electron chi connectivity index (χ0n) is 13.0. The molecule has 3 heteroatoms. The zero-order chi connectivity index (χ0) is 16.6. The van der Waals surface area contributed by atoms with E-state index in [9.17, 15) is 4.79 Å². The Morgan fingerprint density at radius 3 is 2.21 bits per heavy atom. The number of para-hydroxylation sites is 1. The van der Waals surface area contributed by atoms with E-state index in [1.54, 1.807) is 0 Å². The van der Waals surface area contributed by atoms with Gasteiger partial charge in [0.2, 0.25) is 0 Å². The van der Waals surface area contributed by atoms with Gasteiger partial charge in [-0.25, -0.2) is 0 Å². The van der Waals surface area contributed by atoms with Gasteiger partial charge in [0.15, 0.2) is 5.78 Å². The molecule has 0 aromatic heterocycles. The van der Waals surface area contributed by atoms with Crippen LogP contribution in [0.3, 0.4) is 0 Å². The predicted molar refractivity (Wildman–Crippen MR) is 97.7 cm³/mol. The smallest absolute Gasteiger partial charge is 0.195 e. The Balaban J connectivity index is 1.83. The third-order valence-corrected chi connectivity index (χ3v) is 4.81. The highest BCUT2D eigenvalue weighted by molar-refractivity contribution is 6.30. The Morgan fingerprint density at radius 2 is 1.50 bits per heavy atom. The second kappa shape index (κ2) is 5.81. The van der Waals surface area contributed by atoms with E-state index in [1.165, 1.54) is 0 Å². The van der Waals surface area contributed by atoms with Crippen LogP contribution in [0.25, 0.3) is 0 Å². The number of nitrogens with one attached hydrogen (secondary N) is 1. The van der Waals surface area contributed by atoms with Crippen LogP contribution in [0.2, 0.25) is 5.02 Å². The Bertz CT molecular complexity index is 889. The molecule has 4 rings (SSSR count). The summed E-state index contributed by atoms with van der Waals surface area (Å²) in [4.78, 5) is 13.3. The van der Waals surface area contributed by atoms with Crippen molar-refractivity contribution in [2.75, 3.05) is 5.32 Å². The van der Waals surface area contributed by atoms with Crippen molar-refractivity contribution in [2.24, 2.45) is 0 Å². The molecule has 3 aromatic rings. The molecule has 2 nitrogen and oxygen atoms in total. The van der Waals surface area contributed by atoms with Gasteiger partial charge in [0.05, 0.1) is 0 Å². The fourth-order valence-electron chi connectivity index (χ4n) is 3.37. The number of ketones is 1. The maximum atomic E-state index is 13.3. The molecule has 0 saturated carbocycles. The summed E-state index contributed by atoms with van der Waals surface area (Å²) in [5.74, 6) is 0.110. The maximum absolute atomic E-state index is 13.3. The largest absolute Gasteiger partial charge is 0.368 e. The van der Waals surface area contributed by atoms with Crippen molar-refractivity contribution in [1.82, 2.24) is 0 Å². The van der Waals surface area contributed by atoms with E-state index in [0.29, 0.717) is 11.4 Å².